The Bertz CT molecular complexity index is 233. The number of hydrogen-bond acceptors (Lipinski definition) is 0. The number of aryl methyl sites for hydroxylation is 1. The Balaban J connectivity index is 3.04. The third-order valence-electron chi connectivity index (χ3n) is 1.43. The molecule has 0 bridgehead atoms. The fourth-order valence-corrected chi connectivity index (χ4v) is 1.44. The first kappa shape index (κ1) is 8.05. The molecule has 0 N–H and O–H groups in total. The second kappa shape index (κ2) is 3.37. The standard InChI is InChI=1S/C8H8F.Sn/c1-6-3-4-8(9)7(2)5-6;/h3-5H,1H2,2H3;. The summed E-state index contributed by atoms with van der Waals surface area (Å²) < 4.78 is 13.7. The molecule has 10 heavy (non-hydrogen) atoms. The van der Waals surface area contributed by atoms with Crippen molar-refractivity contribution in [2.45, 2.75) is 11.4 Å². The molecule has 0 atom stereocenters. The van der Waals surface area contributed by atoms with Gasteiger partial charge < -0.3 is 0 Å². The van der Waals surface area contributed by atoms with Crippen molar-refractivity contribution in [3.05, 3.63) is 35.1 Å². The second-order valence-electron chi connectivity index (χ2n) is 2.26. The molecule has 3 radical (unpaired) electrons. The molecule has 0 aliphatic heterocycles. The summed E-state index contributed by atoms with van der Waals surface area (Å²) in [5.74, 6) is -0.104. The van der Waals surface area contributed by atoms with Crippen LogP contribution in [0.15, 0.2) is 18.2 Å². The van der Waals surface area contributed by atoms with Gasteiger partial charge in [0.05, 0.1) is 0 Å². The van der Waals surface area contributed by atoms with Crippen LogP contribution in [0.2, 0.25) is 0 Å². The molecule has 0 heterocycles. The first-order chi connectivity index (χ1) is 4.74. The summed E-state index contributed by atoms with van der Waals surface area (Å²) in [6, 6.07) is 5.29. The molecule has 0 fully saturated rings. The molecular formula is C8H8FSn. The van der Waals surface area contributed by atoms with Crippen LogP contribution in [0.1, 0.15) is 11.1 Å². The predicted molar refractivity (Wildman–Crippen MR) is 40.6 cm³/mol. The average Bonchev–Trinajstić information content (AvgIpc) is 1.95. The summed E-state index contributed by atoms with van der Waals surface area (Å²) in [7, 11) is 0. The first-order valence-corrected chi connectivity index (χ1v) is 5.15. The molecule has 51 valence electrons. The van der Waals surface area contributed by atoms with E-state index < -0.39 is 0 Å². The number of halogens is 1. The molecule has 0 saturated heterocycles. The van der Waals surface area contributed by atoms with E-state index in [1.165, 1.54) is 34.2 Å². The third-order valence-corrected chi connectivity index (χ3v) is 2.59. The monoisotopic (exact) mass is 243 g/mol. The minimum atomic E-state index is -0.104. The van der Waals surface area contributed by atoms with Crippen molar-refractivity contribution >= 4 is 22.5 Å². The second-order valence-corrected chi connectivity index (χ2v) is 3.27. The van der Waals surface area contributed by atoms with E-state index in [-0.39, 0.29) is 5.82 Å². The van der Waals surface area contributed by atoms with E-state index in [0.29, 0.717) is 0 Å². The number of benzene rings is 1. The Morgan fingerprint density at radius 1 is 1.50 bits per heavy atom. The van der Waals surface area contributed by atoms with Crippen LogP contribution in [0.25, 0.3) is 0 Å². The Kier molecular flexibility index (Phi) is 2.71. The first-order valence-electron chi connectivity index (χ1n) is 3.13. The van der Waals surface area contributed by atoms with Gasteiger partial charge in [-0.05, 0) is 0 Å². The SMILES string of the molecule is Cc1cc([CH2][Sn])ccc1F. The maximum absolute atomic E-state index is 12.6. The average molecular weight is 242 g/mol. The molecule has 0 nitrogen and oxygen atoms in total. The Morgan fingerprint density at radius 3 is 2.70 bits per heavy atom. The van der Waals surface area contributed by atoms with E-state index in [4.69, 9.17) is 0 Å². The van der Waals surface area contributed by atoms with Gasteiger partial charge in [0, 0.05) is 0 Å². The van der Waals surface area contributed by atoms with Gasteiger partial charge in [0.2, 0.25) is 0 Å². The van der Waals surface area contributed by atoms with Crippen LogP contribution in [0, 0.1) is 12.7 Å². The van der Waals surface area contributed by atoms with Gasteiger partial charge in [-0.25, -0.2) is 0 Å². The molecule has 0 aliphatic carbocycles. The zero-order chi connectivity index (χ0) is 7.56. The van der Waals surface area contributed by atoms with Crippen molar-refractivity contribution in [3.8, 4) is 0 Å². The Morgan fingerprint density at radius 2 is 2.20 bits per heavy atom. The quantitative estimate of drug-likeness (QED) is 0.658. The maximum atomic E-state index is 12.6. The predicted octanol–water partition coefficient (Wildman–Crippen LogP) is 1.80. The van der Waals surface area contributed by atoms with Gasteiger partial charge in [-0.15, -0.1) is 0 Å². The molecule has 2 heteroatoms. The van der Waals surface area contributed by atoms with Crippen LogP contribution in [-0.2, 0) is 4.44 Å². The van der Waals surface area contributed by atoms with Gasteiger partial charge >= 0.3 is 73.4 Å². The minimum absolute atomic E-state index is 0.104. The topological polar surface area (TPSA) is 0 Å². The Hall–Kier alpha value is -0.0513. The molecule has 1 rings (SSSR count). The van der Waals surface area contributed by atoms with Gasteiger partial charge in [-0.3, -0.25) is 0 Å². The van der Waals surface area contributed by atoms with Gasteiger partial charge in [0.1, 0.15) is 0 Å². The summed E-state index contributed by atoms with van der Waals surface area (Å²) >= 11 is 1.47. The summed E-state index contributed by atoms with van der Waals surface area (Å²) in [6.45, 7) is 1.80. The van der Waals surface area contributed by atoms with E-state index in [1.54, 1.807) is 6.92 Å². The van der Waals surface area contributed by atoms with Crippen LogP contribution >= 0.6 is 0 Å². The van der Waals surface area contributed by atoms with Crippen molar-refractivity contribution in [3.63, 3.8) is 0 Å². The number of rotatable bonds is 1. The molecular weight excluding hydrogens is 234 g/mol. The summed E-state index contributed by atoms with van der Waals surface area (Å²) in [5.41, 5.74) is 1.98. The molecule has 0 unspecified atom stereocenters. The summed E-state index contributed by atoms with van der Waals surface area (Å²) in [4.78, 5) is 0. The Labute approximate surface area is 73.5 Å². The molecule has 0 aromatic heterocycles. The third kappa shape index (κ3) is 1.72. The van der Waals surface area contributed by atoms with Crippen LogP contribution in [-0.4, -0.2) is 22.5 Å². The van der Waals surface area contributed by atoms with Crippen LogP contribution in [0.5, 0.6) is 0 Å². The molecule has 0 amide bonds. The van der Waals surface area contributed by atoms with Gasteiger partial charge in [0.25, 0.3) is 0 Å². The fourth-order valence-electron chi connectivity index (χ4n) is 0.817. The molecule has 1 aromatic rings. The molecule has 0 aliphatic rings. The van der Waals surface area contributed by atoms with Gasteiger partial charge in [0.15, 0.2) is 0 Å². The van der Waals surface area contributed by atoms with Gasteiger partial charge in [-0.1, -0.05) is 0 Å². The van der Waals surface area contributed by atoms with Crippen molar-refractivity contribution in [2.75, 3.05) is 0 Å². The van der Waals surface area contributed by atoms with Crippen molar-refractivity contribution in [1.29, 1.82) is 0 Å². The number of hydrogen-bond donors (Lipinski definition) is 0. The van der Waals surface area contributed by atoms with E-state index in [2.05, 4.69) is 0 Å². The molecule has 0 saturated carbocycles. The van der Waals surface area contributed by atoms with Crippen molar-refractivity contribution < 1.29 is 4.39 Å². The summed E-state index contributed by atoms with van der Waals surface area (Å²) in [6.07, 6.45) is 0. The normalized spacial score (nSPS) is 9.90. The van der Waals surface area contributed by atoms with Gasteiger partial charge in [-0.2, -0.15) is 0 Å². The fraction of sp³-hybridized carbons (Fsp3) is 0.250. The molecule has 0 spiro atoms. The zero-order valence-electron chi connectivity index (χ0n) is 5.82. The van der Waals surface area contributed by atoms with E-state index in [9.17, 15) is 4.39 Å². The van der Waals surface area contributed by atoms with E-state index in [1.807, 2.05) is 12.1 Å². The van der Waals surface area contributed by atoms with Crippen molar-refractivity contribution in [2.24, 2.45) is 0 Å². The van der Waals surface area contributed by atoms with Crippen molar-refractivity contribution in [1.82, 2.24) is 0 Å². The van der Waals surface area contributed by atoms with Crippen LogP contribution < -0.4 is 0 Å². The van der Waals surface area contributed by atoms with E-state index in [0.717, 1.165) is 10.0 Å². The summed E-state index contributed by atoms with van der Waals surface area (Å²) in [5, 5.41) is 0. The van der Waals surface area contributed by atoms with Crippen LogP contribution in [0.4, 0.5) is 4.39 Å². The zero-order valence-corrected chi connectivity index (χ0v) is 8.67. The molecule has 1 aromatic carbocycles. The van der Waals surface area contributed by atoms with Crippen LogP contribution in [0.3, 0.4) is 0 Å². The van der Waals surface area contributed by atoms with E-state index >= 15 is 0 Å².